The molecule has 0 spiro atoms. The molecule has 0 fully saturated rings. The van der Waals surface area contributed by atoms with Crippen molar-refractivity contribution in [2.75, 3.05) is 7.11 Å². The fourth-order valence-corrected chi connectivity index (χ4v) is 5.42. The van der Waals surface area contributed by atoms with E-state index in [1.165, 1.54) is 38.3 Å². The van der Waals surface area contributed by atoms with E-state index in [9.17, 15) is 40.5 Å². The van der Waals surface area contributed by atoms with Crippen LogP contribution in [-0.4, -0.2) is 42.9 Å². The van der Waals surface area contributed by atoms with E-state index >= 15 is 0 Å². The molecule has 4 aromatic carbocycles. The minimum atomic E-state index is -0.975. The van der Waals surface area contributed by atoms with E-state index in [1.54, 1.807) is 12.1 Å². The highest BCUT2D eigenvalue weighted by atomic mass is 16.5. The molecule has 5 aromatic rings. The van der Waals surface area contributed by atoms with Crippen molar-refractivity contribution in [2.45, 2.75) is 18.9 Å². The van der Waals surface area contributed by atoms with E-state index in [0.29, 0.717) is 11.1 Å². The van der Waals surface area contributed by atoms with Crippen molar-refractivity contribution in [3.8, 4) is 63.1 Å². The van der Waals surface area contributed by atoms with Gasteiger partial charge in [-0.05, 0) is 42.8 Å². The molecular formula is C31H24O11. The summed E-state index contributed by atoms with van der Waals surface area (Å²) in [4.78, 5) is 13.4. The molecule has 0 aliphatic carbocycles. The van der Waals surface area contributed by atoms with Gasteiger partial charge in [0, 0.05) is 23.3 Å². The number of ether oxygens (including phenoxy) is 2. The number of rotatable bonds is 4. The Bertz CT molecular complexity index is 1940. The van der Waals surface area contributed by atoms with Crippen LogP contribution in [0.5, 0.6) is 51.7 Å². The lowest BCUT2D eigenvalue weighted by Crippen LogP contribution is -2.11. The Labute approximate surface area is 236 Å². The summed E-state index contributed by atoms with van der Waals surface area (Å²) in [6, 6.07) is 12.2. The van der Waals surface area contributed by atoms with Gasteiger partial charge in [0.2, 0.25) is 11.2 Å². The van der Waals surface area contributed by atoms with Crippen molar-refractivity contribution in [1.29, 1.82) is 0 Å². The smallest absolute Gasteiger partial charge is 0.239 e. The number of benzene rings is 4. The molecule has 0 bridgehead atoms. The first kappa shape index (κ1) is 26.5. The van der Waals surface area contributed by atoms with E-state index in [-0.39, 0.29) is 67.9 Å². The van der Waals surface area contributed by atoms with E-state index in [2.05, 4.69) is 0 Å². The van der Waals surface area contributed by atoms with Gasteiger partial charge >= 0.3 is 0 Å². The molecule has 11 nitrogen and oxygen atoms in total. The highest BCUT2D eigenvalue weighted by Crippen LogP contribution is 2.59. The lowest BCUT2D eigenvalue weighted by atomic mass is 9.83. The predicted octanol–water partition coefficient (Wildman–Crippen LogP) is 4.98. The number of hydrogen-bond acceptors (Lipinski definition) is 11. The summed E-state index contributed by atoms with van der Waals surface area (Å²) >= 11 is 0. The van der Waals surface area contributed by atoms with Crippen LogP contribution in [0.15, 0.2) is 63.8 Å². The maximum atomic E-state index is 13.4. The fourth-order valence-electron chi connectivity index (χ4n) is 5.42. The molecule has 1 aromatic heterocycles. The van der Waals surface area contributed by atoms with Crippen molar-refractivity contribution in [3.63, 3.8) is 0 Å². The Morgan fingerprint density at radius 2 is 1.43 bits per heavy atom. The van der Waals surface area contributed by atoms with Gasteiger partial charge in [-0.25, -0.2) is 0 Å². The standard InChI is InChI=1S/C31H24O11/c1-12-19(35)11-21-23(25(12)37)27(39)31(40-2)29(41-21)18-10-20(36)30-24(26(18)38)22(13-3-5-15(32)6-4-13)28(42-30)14-7-16(33)9-17(34)8-14/h3-11,22,28,32-38H,1-2H3. The number of phenolic OH excluding ortho intramolecular Hbond substituents is 7. The van der Waals surface area contributed by atoms with Crippen molar-refractivity contribution in [1.82, 2.24) is 0 Å². The molecule has 42 heavy (non-hydrogen) atoms. The number of aromatic hydroxyl groups is 7. The van der Waals surface area contributed by atoms with Crippen molar-refractivity contribution < 1.29 is 49.6 Å². The summed E-state index contributed by atoms with van der Waals surface area (Å²) < 4.78 is 17.4. The maximum Gasteiger partial charge on any atom is 0.239 e. The van der Waals surface area contributed by atoms with Crippen LogP contribution in [0, 0.1) is 6.92 Å². The van der Waals surface area contributed by atoms with Crippen LogP contribution in [0.3, 0.4) is 0 Å². The molecule has 0 radical (unpaired) electrons. The van der Waals surface area contributed by atoms with Gasteiger partial charge in [0.1, 0.15) is 51.6 Å². The molecule has 0 saturated carbocycles. The third-order valence-electron chi connectivity index (χ3n) is 7.42. The minimum absolute atomic E-state index is 0.0188. The Hall–Kier alpha value is -5.71. The number of phenols is 7. The highest BCUT2D eigenvalue weighted by Gasteiger charge is 2.43. The van der Waals surface area contributed by atoms with E-state index < -0.39 is 34.7 Å². The van der Waals surface area contributed by atoms with Gasteiger partial charge in [0.25, 0.3) is 0 Å². The first-order valence-corrected chi connectivity index (χ1v) is 12.6. The SMILES string of the molecule is COc1c(-c2cc(O)c3c(c2O)C(c2ccc(O)cc2)C(c2cc(O)cc(O)c2)O3)oc2cc(O)c(C)c(O)c2c1=O. The molecule has 1 aliphatic heterocycles. The average Bonchev–Trinajstić information content (AvgIpc) is 3.35. The molecule has 2 unspecified atom stereocenters. The average molecular weight is 573 g/mol. The summed E-state index contributed by atoms with van der Waals surface area (Å²) in [6.07, 6.45) is -0.975. The molecule has 2 atom stereocenters. The second-order valence-electron chi connectivity index (χ2n) is 9.96. The highest BCUT2D eigenvalue weighted by molar-refractivity contribution is 5.91. The monoisotopic (exact) mass is 572 g/mol. The minimum Gasteiger partial charge on any atom is -0.508 e. The summed E-state index contributed by atoms with van der Waals surface area (Å²) in [6.45, 7) is 1.42. The summed E-state index contributed by atoms with van der Waals surface area (Å²) in [7, 11) is 1.20. The first-order valence-electron chi connectivity index (χ1n) is 12.6. The zero-order valence-corrected chi connectivity index (χ0v) is 22.1. The van der Waals surface area contributed by atoms with Gasteiger partial charge in [-0.2, -0.15) is 0 Å². The zero-order valence-electron chi connectivity index (χ0n) is 22.1. The molecule has 2 heterocycles. The number of methoxy groups -OCH3 is 1. The van der Waals surface area contributed by atoms with Crippen molar-refractivity contribution >= 4 is 11.0 Å². The lowest BCUT2D eigenvalue weighted by Gasteiger charge is -2.21. The zero-order chi connectivity index (χ0) is 30.0. The van der Waals surface area contributed by atoms with Gasteiger partial charge in [-0.1, -0.05) is 12.1 Å². The van der Waals surface area contributed by atoms with Crippen LogP contribution in [0.4, 0.5) is 0 Å². The first-order chi connectivity index (χ1) is 20.0. The van der Waals surface area contributed by atoms with Gasteiger partial charge in [-0.3, -0.25) is 4.79 Å². The summed E-state index contributed by atoms with van der Waals surface area (Å²) in [5.41, 5.74) is -0.151. The lowest BCUT2D eigenvalue weighted by molar-refractivity contribution is 0.214. The summed E-state index contributed by atoms with van der Waals surface area (Å²) in [5.74, 6) is -3.86. The van der Waals surface area contributed by atoms with Crippen molar-refractivity contribution in [2.24, 2.45) is 0 Å². The van der Waals surface area contributed by atoms with Gasteiger partial charge in [0.05, 0.1) is 24.2 Å². The maximum absolute atomic E-state index is 13.4. The quantitative estimate of drug-likeness (QED) is 0.144. The molecule has 6 rings (SSSR count). The van der Waals surface area contributed by atoms with Crippen LogP contribution in [-0.2, 0) is 0 Å². The molecule has 0 saturated heterocycles. The predicted molar refractivity (Wildman–Crippen MR) is 149 cm³/mol. The molecule has 0 amide bonds. The van der Waals surface area contributed by atoms with Crippen LogP contribution in [0.1, 0.15) is 34.3 Å². The largest absolute Gasteiger partial charge is 0.508 e. The van der Waals surface area contributed by atoms with Crippen LogP contribution in [0.2, 0.25) is 0 Å². The van der Waals surface area contributed by atoms with Crippen LogP contribution >= 0.6 is 0 Å². The van der Waals surface area contributed by atoms with Crippen LogP contribution in [0.25, 0.3) is 22.3 Å². The Kier molecular flexibility index (Phi) is 5.96. The van der Waals surface area contributed by atoms with E-state index in [4.69, 9.17) is 13.9 Å². The molecular weight excluding hydrogens is 548 g/mol. The second kappa shape index (κ2) is 9.44. The molecule has 11 heteroatoms. The van der Waals surface area contributed by atoms with Crippen molar-refractivity contribution in [3.05, 3.63) is 87.1 Å². The van der Waals surface area contributed by atoms with Gasteiger partial charge < -0.3 is 49.6 Å². The van der Waals surface area contributed by atoms with E-state index in [1.807, 2.05) is 0 Å². The third-order valence-corrected chi connectivity index (χ3v) is 7.42. The normalized spacial score (nSPS) is 15.9. The molecule has 214 valence electrons. The number of hydrogen-bond donors (Lipinski definition) is 7. The van der Waals surface area contributed by atoms with Gasteiger partial charge in [0.15, 0.2) is 17.3 Å². The second-order valence-corrected chi connectivity index (χ2v) is 9.96. The van der Waals surface area contributed by atoms with Crippen LogP contribution < -0.4 is 14.9 Å². The molecule has 1 aliphatic rings. The number of fused-ring (bicyclic) bond motifs is 2. The topological polar surface area (TPSA) is 190 Å². The Morgan fingerprint density at radius 3 is 2.07 bits per heavy atom. The third kappa shape index (κ3) is 3.93. The summed E-state index contributed by atoms with van der Waals surface area (Å²) in [5, 5.41) is 73.6. The van der Waals surface area contributed by atoms with Gasteiger partial charge in [-0.15, -0.1) is 0 Å². The Balaban J connectivity index is 1.64. The van der Waals surface area contributed by atoms with E-state index in [0.717, 1.165) is 18.2 Å². The molecule has 7 N–H and O–H groups in total. The Morgan fingerprint density at radius 1 is 0.762 bits per heavy atom. The fraction of sp³-hybridized carbons (Fsp3) is 0.129.